The van der Waals surface area contributed by atoms with E-state index in [0.29, 0.717) is 24.4 Å². The Morgan fingerprint density at radius 2 is 1.73 bits per heavy atom. The molecule has 0 bridgehead atoms. The van der Waals surface area contributed by atoms with Gasteiger partial charge in [0.05, 0.1) is 13.1 Å². The summed E-state index contributed by atoms with van der Waals surface area (Å²) in [5.74, 6) is -0.694. The summed E-state index contributed by atoms with van der Waals surface area (Å²) in [7, 11) is 1.62. The van der Waals surface area contributed by atoms with Crippen molar-refractivity contribution in [1.29, 1.82) is 0 Å². The third-order valence-corrected chi connectivity index (χ3v) is 5.69. The minimum absolute atomic E-state index is 0.0106. The lowest BCUT2D eigenvalue weighted by molar-refractivity contribution is -0.140. The molecular formula is C21H29N5O4. The first-order chi connectivity index (χ1) is 14.2. The quantitative estimate of drug-likeness (QED) is 0.608. The van der Waals surface area contributed by atoms with Crippen molar-refractivity contribution >= 4 is 29.4 Å². The van der Waals surface area contributed by atoms with Crippen LogP contribution in [0.1, 0.15) is 38.2 Å². The van der Waals surface area contributed by atoms with Crippen LogP contribution in [0.4, 0.5) is 10.5 Å². The maximum absolute atomic E-state index is 12.8. The number of hydrogen-bond donors (Lipinski definition) is 3. The SMILES string of the molecule is Cc1ccc(NC(=O)CN(C)CC(=O)NN2C(=O)NC3(CCC(C)CC3)C2=O)cc1. The van der Waals surface area contributed by atoms with Crippen LogP contribution in [0.3, 0.4) is 0 Å². The molecule has 5 amide bonds. The first-order valence-corrected chi connectivity index (χ1v) is 10.2. The summed E-state index contributed by atoms with van der Waals surface area (Å²) in [6.07, 6.45) is 2.85. The first kappa shape index (κ1) is 21.8. The predicted molar refractivity (Wildman–Crippen MR) is 111 cm³/mol. The molecule has 1 saturated heterocycles. The highest BCUT2D eigenvalue weighted by atomic mass is 16.2. The fourth-order valence-corrected chi connectivity index (χ4v) is 3.86. The minimum Gasteiger partial charge on any atom is -0.325 e. The van der Waals surface area contributed by atoms with Gasteiger partial charge in [0, 0.05) is 5.69 Å². The molecule has 30 heavy (non-hydrogen) atoms. The number of anilines is 1. The van der Waals surface area contributed by atoms with Crippen molar-refractivity contribution in [3.05, 3.63) is 29.8 Å². The second kappa shape index (κ2) is 8.83. The molecule has 3 rings (SSSR count). The molecule has 0 atom stereocenters. The average molecular weight is 415 g/mol. The van der Waals surface area contributed by atoms with E-state index in [1.54, 1.807) is 19.2 Å². The lowest BCUT2D eigenvalue weighted by Crippen LogP contribution is -2.52. The molecule has 9 heteroatoms. The summed E-state index contributed by atoms with van der Waals surface area (Å²) in [6.45, 7) is 3.93. The number of nitrogens with one attached hydrogen (secondary N) is 3. The molecule has 1 heterocycles. The fourth-order valence-electron chi connectivity index (χ4n) is 3.86. The van der Waals surface area contributed by atoms with Gasteiger partial charge in [-0.2, -0.15) is 5.01 Å². The molecule has 1 aromatic carbocycles. The molecule has 9 nitrogen and oxygen atoms in total. The van der Waals surface area contributed by atoms with Gasteiger partial charge in [-0.25, -0.2) is 4.79 Å². The van der Waals surface area contributed by atoms with Crippen LogP contribution in [0.15, 0.2) is 24.3 Å². The number of aryl methyl sites for hydroxylation is 1. The number of carbonyl (C=O) groups is 4. The number of urea groups is 1. The minimum atomic E-state index is -0.906. The summed E-state index contributed by atoms with van der Waals surface area (Å²) >= 11 is 0. The van der Waals surface area contributed by atoms with E-state index in [2.05, 4.69) is 23.0 Å². The van der Waals surface area contributed by atoms with E-state index in [-0.39, 0.29) is 19.0 Å². The van der Waals surface area contributed by atoms with E-state index >= 15 is 0 Å². The van der Waals surface area contributed by atoms with Crippen LogP contribution in [0.25, 0.3) is 0 Å². The van der Waals surface area contributed by atoms with Crippen LogP contribution in [-0.2, 0) is 14.4 Å². The topological polar surface area (TPSA) is 111 Å². The molecule has 1 saturated carbocycles. The van der Waals surface area contributed by atoms with Crippen LogP contribution in [-0.4, -0.2) is 59.3 Å². The highest BCUT2D eigenvalue weighted by Crippen LogP contribution is 2.35. The molecule has 0 radical (unpaired) electrons. The molecule has 2 fully saturated rings. The van der Waals surface area contributed by atoms with Crippen molar-refractivity contribution < 1.29 is 19.2 Å². The number of likely N-dealkylation sites (N-methyl/N-ethyl adjacent to an activating group) is 1. The van der Waals surface area contributed by atoms with Crippen LogP contribution in [0.2, 0.25) is 0 Å². The Morgan fingerprint density at radius 1 is 1.13 bits per heavy atom. The zero-order valence-electron chi connectivity index (χ0n) is 17.7. The Labute approximate surface area is 176 Å². The van der Waals surface area contributed by atoms with Gasteiger partial charge in [-0.15, -0.1) is 0 Å². The largest absolute Gasteiger partial charge is 0.344 e. The number of nitrogens with zero attached hydrogens (tertiary/aromatic N) is 2. The van der Waals surface area contributed by atoms with Crippen molar-refractivity contribution in [1.82, 2.24) is 20.7 Å². The van der Waals surface area contributed by atoms with E-state index in [1.807, 2.05) is 19.1 Å². The number of amides is 5. The highest BCUT2D eigenvalue weighted by Gasteiger charge is 2.52. The van der Waals surface area contributed by atoms with Gasteiger partial charge >= 0.3 is 6.03 Å². The Hall–Kier alpha value is -2.94. The van der Waals surface area contributed by atoms with Crippen LogP contribution < -0.4 is 16.1 Å². The Kier molecular flexibility index (Phi) is 6.40. The normalized spacial score (nSPS) is 23.6. The monoisotopic (exact) mass is 415 g/mol. The molecule has 1 spiro atoms. The van der Waals surface area contributed by atoms with Gasteiger partial charge in [0.25, 0.3) is 11.8 Å². The van der Waals surface area contributed by atoms with Gasteiger partial charge in [-0.1, -0.05) is 24.6 Å². The van der Waals surface area contributed by atoms with E-state index in [1.165, 1.54) is 4.90 Å². The van der Waals surface area contributed by atoms with Crippen molar-refractivity contribution in [2.75, 3.05) is 25.5 Å². The molecular weight excluding hydrogens is 386 g/mol. The molecule has 162 valence electrons. The second-order valence-electron chi connectivity index (χ2n) is 8.46. The lowest BCUT2D eigenvalue weighted by Gasteiger charge is -2.33. The van der Waals surface area contributed by atoms with E-state index in [0.717, 1.165) is 23.4 Å². The molecule has 1 aliphatic carbocycles. The van der Waals surface area contributed by atoms with Gasteiger partial charge in [-0.05, 0) is 57.7 Å². The van der Waals surface area contributed by atoms with Gasteiger partial charge < -0.3 is 10.6 Å². The summed E-state index contributed by atoms with van der Waals surface area (Å²) in [5.41, 5.74) is 3.24. The summed E-state index contributed by atoms with van der Waals surface area (Å²) < 4.78 is 0. The number of benzene rings is 1. The van der Waals surface area contributed by atoms with Crippen molar-refractivity contribution in [2.45, 2.75) is 45.1 Å². The predicted octanol–water partition coefficient (Wildman–Crippen LogP) is 1.40. The Morgan fingerprint density at radius 3 is 2.37 bits per heavy atom. The van der Waals surface area contributed by atoms with E-state index in [9.17, 15) is 19.2 Å². The number of rotatable bonds is 6. The second-order valence-corrected chi connectivity index (χ2v) is 8.46. The highest BCUT2D eigenvalue weighted by molar-refractivity contribution is 6.08. The third-order valence-electron chi connectivity index (χ3n) is 5.69. The van der Waals surface area contributed by atoms with Gasteiger partial charge in [0.1, 0.15) is 5.54 Å². The first-order valence-electron chi connectivity index (χ1n) is 10.2. The Balaban J connectivity index is 1.48. The third kappa shape index (κ3) is 4.96. The van der Waals surface area contributed by atoms with Gasteiger partial charge in [0.2, 0.25) is 5.91 Å². The lowest BCUT2D eigenvalue weighted by atomic mass is 9.77. The number of carbonyl (C=O) groups excluding carboxylic acids is 4. The van der Waals surface area contributed by atoms with E-state index < -0.39 is 23.4 Å². The summed E-state index contributed by atoms with van der Waals surface area (Å²) in [6, 6.07) is 6.79. The molecule has 1 aliphatic heterocycles. The molecule has 0 aromatic heterocycles. The van der Waals surface area contributed by atoms with Crippen molar-refractivity contribution in [3.63, 3.8) is 0 Å². The van der Waals surface area contributed by atoms with Crippen LogP contribution >= 0.6 is 0 Å². The van der Waals surface area contributed by atoms with Gasteiger partial charge in [0.15, 0.2) is 0 Å². The Bertz CT molecular complexity index is 830. The van der Waals surface area contributed by atoms with Crippen LogP contribution in [0, 0.1) is 12.8 Å². The zero-order chi connectivity index (χ0) is 21.9. The van der Waals surface area contributed by atoms with Crippen molar-refractivity contribution in [3.8, 4) is 0 Å². The number of hydrogen-bond acceptors (Lipinski definition) is 5. The zero-order valence-corrected chi connectivity index (χ0v) is 17.7. The number of imide groups is 1. The van der Waals surface area contributed by atoms with Gasteiger partial charge in [-0.3, -0.25) is 24.7 Å². The standard InChI is InChI=1S/C21H29N5O4/c1-14-4-6-16(7-5-14)22-17(27)12-25(3)13-18(28)24-26-19(29)21(23-20(26)30)10-8-15(2)9-11-21/h4-7,15H,8-13H2,1-3H3,(H,22,27)(H,23,30)(H,24,28). The molecule has 3 N–H and O–H groups in total. The van der Waals surface area contributed by atoms with Crippen molar-refractivity contribution in [2.24, 2.45) is 5.92 Å². The smallest absolute Gasteiger partial charge is 0.325 e. The molecule has 2 aliphatic rings. The van der Waals surface area contributed by atoms with E-state index in [4.69, 9.17) is 0 Å². The van der Waals surface area contributed by atoms with Crippen LogP contribution in [0.5, 0.6) is 0 Å². The maximum atomic E-state index is 12.8. The summed E-state index contributed by atoms with van der Waals surface area (Å²) in [5, 5.41) is 6.30. The maximum Gasteiger partial charge on any atom is 0.344 e. The molecule has 1 aromatic rings. The average Bonchev–Trinajstić information content (AvgIpc) is 2.90. The number of hydrazine groups is 1. The molecule has 0 unspecified atom stereocenters. The summed E-state index contributed by atoms with van der Waals surface area (Å²) in [4.78, 5) is 51.0. The fraction of sp³-hybridized carbons (Fsp3) is 0.524.